The number of pyridine rings is 1. The molecule has 1 heterocycles. The predicted molar refractivity (Wildman–Crippen MR) is 92.5 cm³/mol. The second-order valence-corrected chi connectivity index (χ2v) is 6.48. The molecule has 126 valence electrons. The third kappa shape index (κ3) is 3.43. The summed E-state index contributed by atoms with van der Waals surface area (Å²) in [7, 11) is 1.51. The van der Waals surface area contributed by atoms with Crippen LogP contribution in [-0.2, 0) is 6.54 Å². The monoisotopic (exact) mass is 393 g/mol. The van der Waals surface area contributed by atoms with Crippen LogP contribution in [-0.4, -0.2) is 28.2 Å². The van der Waals surface area contributed by atoms with Gasteiger partial charge in [-0.3, -0.25) is 10.1 Å². The molecule has 1 aliphatic rings. The Bertz CT molecular complexity index is 780. The number of halogens is 1. The van der Waals surface area contributed by atoms with Crippen LogP contribution in [0.25, 0.3) is 0 Å². The zero-order valence-electron chi connectivity index (χ0n) is 13.0. The van der Waals surface area contributed by atoms with Gasteiger partial charge in [0.25, 0.3) is 5.69 Å². The molecule has 2 aromatic rings. The number of benzene rings is 1. The van der Waals surface area contributed by atoms with Gasteiger partial charge in [-0.2, -0.15) is 0 Å². The number of nitro groups is 1. The van der Waals surface area contributed by atoms with Crippen molar-refractivity contribution in [3.05, 3.63) is 50.6 Å². The van der Waals surface area contributed by atoms with Crippen LogP contribution in [0.3, 0.4) is 0 Å². The van der Waals surface area contributed by atoms with Gasteiger partial charge >= 0.3 is 0 Å². The highest BCUT2D eigenvalue weighted by atomic mass is 79.9. The fraction of sp³-hybridized carbons (Fsp3) is 0.312. The van der Waals surface area contributed by atoms with Crippen molar-refractivity contribution in [2.75, 3.05) is 12.0 Å². The first-order chi connectivity index (χ1) is 11.5. The van der Waals surface area contributed by atoms with E-state index in [1.54, 1.807) is 12.1 Å². The maximum absolute atomic E-state index is 10.9. The number of hydrogen-bond donors (Lipinski definition) is 1. The molecule has 1 fully saturated rings. The van der Waals surface area contributed by atoms with Crippen molar-refractivity contribution in [3.8, 4) is 11.5 Å². The maximum atomic E-state index is 10.9. The number of hydrogen-bond acceptors (Lipinski definition) is 6. The number of aromatic hydroxyl groups is 1. The van der Waals surface area contributed by atoms with E-state index in [1.165, 1.54) is 19.4 Å². The van der Waals surface area contributed by atoms with Crippen LogP contribution in [0.2, 0.25) is 0 Å². The SMILES string of the molecule is COc1cc(CN(c2ncc([N+](=O)[O-])cc2Br)C2CC2)ccc1O. The van der Waals surface area contributed by atoms with Crippen molar-refractivity contribution in [2.45, 2.75) is 25.4 Å². The van der Waals surface area contributed by atoms with Gasteiger partial charge in [-0.1, -0.05) is 6.07 Å². The summed E-state index contributed by atoms with van der Waals surface area (Å²) in [6.07, 6.45) is 3.38. The smallest absolute Gasteiger partial charge is 0.288 e. The minimum atomic E-state index is -0.464. The molecule has 24 heavy (non-hydrogen) atoms. The zero-order chi connectivity index (χ0) is 17.3. The van der Waals surface area contributed by atoms with E-state index in [1.807, 2.05) is 6.07 Å². The summed E-state index contributed by atoms with van der Waals surface area (Å²) >= 11 is 3.39. The number of rotatable bonds is 6. The molecular weight excluding hydrogens is 378 g/mol. The van der Waals surface area contributed by atoms with E-state index in [9.17, 15) is 15.2 Å². The Morgan fingerprint density at radius 1 is 1.46 bits per heavy atom. The Kier molecular flexibility index (Phi) is 4.57. The molecule has 0 unspecified atom stereocenters. The molecule has 0 radical (unpaired) electrons. The van der Waals surface area contributed by atoms with Crippen molar-refractivity contribution in [1.29, 1.82) is 0 Å². The number of methoxy groups -OCH3 is 1. The van der Waals surface area contributed by atoms with Crippen molar-refractivity contribution in [3.63, 3.8) is 0 Å². The first-order valence-corrected chi connectivity index (χ1v) is 8.21. The Hall–Kier alpha value is -2.35. The molecule has 1 aliphatic carbocycles. The quantitative estimate of drug-likeness (QED) is 0.595. The minimum absolute atomic E-state index is 0.0484. The lowest BCUT2D eigenvalue weighted by molar-refractivity contribution is -0.385. The predicted octanol–water partition coefficient (Wildman–Crippen LogP) is 3.64. The lowest BCUT2D eigenvalue weighted by Gasteiger charge is -2.24. The molecule has 0 spiro atoms. The number of aromatic nitrogens is 1. The Labute approximate surface area is 147 Å². The number of phenolic OH excluding ortho intramolecular Hbond substituents is 1. The van der Waals surface area contributed by atoms with Gasteiger partial charge in [0, 0.05) is 18.7 Å². The summed E-state index contributed by atoms with van der Waals surface area (Å²) in [5.74, 6) is 1.18. The summed E-state index contributed by atoms with van der Waals surface area (Å²) in [6, 6.07) is 7.03. The largest absolute Gasteiger partial charge is 0.504 e. The number of phenols is 1. The standard InChI is InChI=1S/C16H16BrN3O4/c1-24-15-6-10(2-5-14(15)21)9-19(11-3-4-11)16-13(17)7-12(8-18-16)20(22)23/h2,5-8,11,21H,3-4,9H2,1H3. The minimum Gasteiger partial charge on any atom is -0.504 e. The van der Waals surface area contributed by atoms with Gasteiger partial charge in [0.15, 0.2) is 11.5 Å². The van der Waals surface area contributed by atoms with E-state index >= 15 is 0 Å². The normalized spacial score (nSPS) is 13.6. The highest BCUT2D eigenvalue weighted by Crippen LogP contribution is 2.37. The van der Waals surface area contributed by atoms with Gasteiger partial charge in [0.1, 0.15) is 12.0 Å². The topological polar surface area (TPSA) is 88.7 Å². The third-order valence-corrected chi connectivity index (χ3v) is 4.46. The molecule has 0 atom stereocenters. The maximum Gasteiger partial charge on any atom is 0.288 e. The van der Waals surface area contributed by atoms with E-state index in [4.69, 9.17) is 4.74 Å². The van der Waals surface area contributed by atoms with Crippen molar-refractivity contribution < 1.29 is 14.8 Å². The molecule has 1 N–H and O–H groups in total. The van der Waals surface area contributed by atoms with Gasteiger partial charge in [0.2, 0.25) is 0 Å². The van der Waals surface area contributed by atoms with Crippen molar-refractivity contribution in [2.24, 2.45) is 0 Å². The highest BCUT2D eigenvalue weighted by molar-refractivity contribution is 9.10. The van der Waals surface area contributed by atoms with Crippen LogP contribution >= 0.6 is 15.9 Å². The average molecular weight is 394 g/mol. The summed E-state index contributed by atoms with van der Waals surface area (Å²) in [5, 5.41) is 20.6. The molecule has 1 aromatic heterocycles. The Morgan fingerprint density at radius 2 is 2.21 bits per heavy atom. The zero-order valence-corrected chi connectivity index (χ0v) is 14.6. The van der Waals surface area contributed by atoms with Crippen molar-refractivity contribution >= 4 is 27.4 Å². The fourth-order valence-electron chi connectivity index (χ4n) is 2.51. The lowest BCUT2D eigenvalue weighted by atomic mass is 10.2. The van der Waals surface area contributed by atoms with Gasteiger partial charge in [-0.05, 0) is 46.5 Å². The number of anilines is 1. The molecule has 1 saturated carbocycles. The summed E-state index contributed by atoms with van der Waals surface area (Å²) in [6.45, 7) is 0.574. The van der Waals surface area contributed by atoms with Gasteiger partial charge in [-0.25, -0.2) is 4.98 Å². The second kappa shape index (κ2) is 6.64. The molecule has 0 amide bonds. The van der Waals surface area contributed by atoms with E-state index in [0.717, 1.165) is 18.4 Å². The van der Waals surface area contributed by atoms with E-state index in [0.29, 0.717) is 28.6 Å². The van der Waals surface area contributed by atoms with Crippen molar-refractivity contribution in [1.82, 2.24) is 4.98 Å². The molecule has 0 bridgehead atoms. The van der Waals surface area contributed by atoms with Crippen LogP contribution in [0.5, 0.6) is 11.5 Å². The van der Waals surface area contributed by atoms with Crippen LogP contribution in [0.4, 0.5) is 11.5 Å². The van der Waals surface area contributed by atoms with Crippen LogP contribution in [0, 0.1) is 10.1 Å². The Balaban J connectivity index is 1.90. The summed E-state index contributed by atoms with van der Waals surface area (Å²) in [5.41, 5.74) is 0.913. The third-order valence-electron chi connectivity index (χ3n) is 3.87. The highest BCUT2D eigenvalue weighted by Gasteiger charge is 2.31. The van der Waals surface area contributed by atoms with Gasteiger partial charge in [0.05, 0.1) is 16.5 Å². The van der Waals surface area contributed by atoms with Crippen LogP contribution in [0.15, 0.2) is 34.9 Å². The molecule has 7 nitrogen and oxygen atoms in total. The van der Waals surface area contributed by atoms with E-state index in [-0.39, 0.29) is 11.4 Å². The van der Waals surface area contributed by atoms with Gasteiger partial charge < -0.3 is 14.7 Å². The first-order valence-electron chi connectivity index (χ1n) is 7.42. The molecule has 0 aliphatic heterocycles. The molecule has 8 heteroatoms. The molecule has 0 saturated heterocycles. The summed E-state index contributed by atoms with van der Waals surface area (Å²) in [4.78, 5) is 16.8. The van der Waals surface area contributed by atoms with Crippen LogP contribution < -0.4 is 9.64 Å². The fourth-order valence-corrected chi connectivity index (χ4v) is 3.08. The van der Waals surface area contributed by atoms with Crippen LogP contribution in [0.1, 0.15) is 18.4 Å². The first kappa shape index (κ1) is 16.5. The molecular formula is C16H16BrN3O4. The lowest BCUT2D eigenvalue weighted by Crippen LogP contribution is -2.26. The van der Waals surface area contributed by atoms with Gasteiger partial charge in [-0.15, -0.1) is 0 Å². The van der Waals surface area contributed by atoms with E-state index < -0.39 is 4.92 Å². The number of ether oxygens (including phenoxy) is 1. The van der Waals surface area contributed by atoms with E-state index in [2.05, 4.69) is 25.8 Å². The number of nitrogens with zero attached hydrogens (tertiary/aromatic N) is 3. The summed E-state index contributed by atoms with van der Waals surface area (Å²) < 4.78 is 5.74. The Morgan fingerprint density at radius 3 is 2.79 bits per heavy atom. The molecule has 1 aromatic carbocycles. The second-order valence-electron chi connectivity index (χ2n) is 5.62. The molecule has 3 rings (SSSR count). The average Bonchev–Trinajstić information content (AvgIpc) is 3.39.